The molecule has 0 spiro atoms. The number of nitrogens with one attached hydrogen (secondary N) is 1. The molecule has 1 saturated carbocycles. The number of fused-ring (bicyclic) bond motifs is 5. The Hall–Kier alpha value is -4.66. The van der Waals surface area contributed by atoms with Crippen molar-refractivity contribution in [2.45, 2.75) is 95.0 Å². The van der Waals surface area contributed by atoms with Crippen molar-refractivity contribution in [1.82, 2.24) is 19.1 Å². The van der Waals surface area contributed by atoms with Crippen LogP contribution in [-0.2, 0) is 21.4 Å². The Balaban J connectivity index is 1.41. The first-order valence-corrected chi connectivity index (χ1v) is 20.8. The Morgan fingerprint density at radius 2 is 1.80 bits per heavy atom. The molecule has 2 aliphatic heterocycles. The summed E-state index contributed by atoms with van der Waals surface area (Å²) in [5, 5.41) is 10.6. The number of benzene rings is 3. The molecule has 3 aromatic carbocycles. The molecule has 1 saturated heterocycles. The monoisotopic (exact) mass is 749 g/mol. The first-order valence-electron chi connectivity index (χ1n) is 19.3. The van der Waals surface area contributed by atoms with E-state index in [1.165, 1.54) is 30.2 Å². The van der Waals surface area contributed by atoms with Gasteiger partial charge in [-0.2, -0.15) is 5.26 Å². The van der Waals surface area contributed by atoms with Gasteiger partial charge in [-0.05, 0) is 112 Å². The van der Waals surface area contributed by atoms with Crippen LogP contribution in [0.15, 0.2) is 65.6 Å². The van der Waals surface area contributed by atoms with Crippen LogP contribution in [0.3, 0.4) is 0 Å². The van der Waals surface area contributed by atoms with Crippen LogP contribution in [0.25, 0.3) is 22.2 Å². The van der Waals surface area contributed by atoms with E-state index in [0.717, 1.165) is 85.1 Å². The van der Waals surface area contributed by atoms with Gasteiger partial charge in [0.2, 0.25) is 5.91 Å². The van der Waals surface area contributed by atoms with Crippen LogP contribution in [0, 0.1) is 16.7 Å². The molecule has 7 rings (SSSR count). The number of hydrogen-bond donors (Lipinski definition) is 1. The highest BCUT2D eigenvalue weighted by Crippen LogP contribution is 2.53. The number of ether oxygens (including phenoxy) is 1. The summed E-state index contributed by atoms with van der Waals surface area (Å²) in [6.45, 7) is 9.22. The minimum absolute atomic E-state index is 0.0442. The molecule has 1 N–H and O–H groups in total. The van der Waals surface area contributed by atoms with Crippen molar-refractivity contribution in [3.63, 3.8) is 0 Å². The maximum atomic E-state index is 15.2. The number of amides is 2. The zero-order chi connectivity index (χ0) is 38.4. The minimum Gasteiger partial charge on any atom is -0.497 e. The second-order valence-electron chi connectivity index (χ2n) is 15.7. The Bertz CT molecular complexity index is 2250. The Kier molecular flexibility index (Phi) is 10.4. The lowest BCUT2D eigenvalue weighted by atomic mass is 9.72. The van der Waals surface area contributed by atoms with Crippen molar-refractivity contribution in [2.24, 2.45) is 5.41 Å². The van der Waals surface area contributed by atoms with E-state index in [-0.39, 0.29) is 39.8 Å². The van der Waals surface area contributed by atoms with Gasteiger partial charge in [0.05, 0.1) is 23.8 Å². The standard InChI is InChI=1S/C43H51N5O5S/c1-6-46(4)26-32-16-12-22-47(32)42(50)43(3)27-48-37-23-30(41(49)45-54(51,52)38-17-11-10-15-31(38)25-44)18-20-35(37)39(29-13-8-7-9-14-29)40(48)34-21-19-33(53-5)24-36(34)28(43)2/h10-11,15,17-21,23-24,28-29,32H,6-9,12-14,16,22,26-27H2,1-5H3,(H,45,49). The molecule has 1 aliphatic carbocycles. The molecule has 3 unspecified atom stereocenters. The Morgan fingerprint density at radius 3 is 2.52 bits per heavy atom. The lowest BCUT2D eigenvalue weighted by Gasteiger charge is -2.40. The number of aromatic nitrogens is 1. The lowest BCUT2D eigenvalue weighted by Crippen LogP contribution is -2.51. The molecule has 284 valence electrons. The molecule has 0 radical (unpaired) electrons. The molecule has 4 aromatic rings. The average molecular weight is 750 g/mol. The van der Waals surface area contributed by atoms with Gasteiger partial charge >= 0.3 is 0 Å². The topological polar surface area (TPSA) is 125 Å². The molecular formula is C43H51N5O5S. The van der Waals surface area contributed by atoms with Gasteiger partial charge in [-0.3, -0.25) is 9.59 Å². The number of nitriles is 1. The number of hydrogen-bond acceptors (Lipinski definition) is 7. The number of likely N-dealkylation sites (tertiary alicyclic amines) is 1. The number of rotatable bonds is 9. The van der Waals surface area contributed by atoms with Crippen LogP contribution in [0.2, 0.25) is 0 Å². The molecule has 11 heteroatoms. The van der Waals surface area contributed by atoms with Crippen molar-refractivity contribution >= 4 is 32.7 Å². The molecule has 3 heterocycles. The first kappa shape index (κ1) is 37.6. The second-order valence-corrected chi connectivity index (χ2v) is 17.4. The fourth-order valence-corrected chi connectivity index (χ4v) is 10.4. The fraction of sp³-hybridized carbons (Fsp3) is 0.465. The van der Waals surface area contributed by atoms with Crippen molar-refractivity contribution < 1.29 is 22.7 Å². The van der Waals surface area contributed by atoms with Gasteiger partial charge in [-0.1, -0.05) is 51.3 Å². The van der Waals surface area contributed by atoms with E-state index in [1.54, 1.807) is 25.3 Å². The highest BCUT2D eigenvalue weighted by molar-refractivity contribution is 7.90. The van der Waals surface area contributed by atoms with Crippen molar-refractivity contribution in [2.75, 3.05) is 33.8 Å². The Labute approximate surface area is 319 Å². The predicted octanol–water partition coefficient (Wildman–Crippen LogP) is 7.42. The third kappa shape index (κ3) is 6.58. The third-order valence-electron chi connectivity index (χ3n) is 12.5. The molecule has 10 nitrogen and oxygen atoms in total. The number of nitrogens with zero attached hydrogens (tertiary/aromatic N) is 4. The lowest BCUT2D eigenvalue weighted by molar-refractivity contribution is -0.144. The van der Waals surface area contributed by atoms with E-state index in [0.29, 0.717) is 13.1 Å². The summed E-state index contributed by atoms with van der Waals surface area (Å²) < 4.78 is 37.1. The molecule has 1 aromatic heterocycles. The summed E-state index contributed by atoms with van der Waals surface area (Å²) in [5.74, 6) is 0.191. The van der Waals surface area contributed by atoms with E-state index in [4.69, 9.17) is 4.74 Å². The maximum absolute atomic E-state index is 15.2. The summed E-state index contributed by atoms with van der Waals surface area (Å²) in [7, 11) is -0.570. The van der Waals surface area contributed by atoms with E-state index >= 15 is 4.79 Å². The molecule has 3 atom stereocenters. The predicted molar refractivity (Wildman–Crippen MR) is 210 cm³/mol. The summed E-state index contributed by atoms with van der Waals surface area (Å²) in [6, 6.07) is 19.5. The van der Waals surface area contributed by atoms with E-state index in [2.05, 4.69) is 59.0 Å². The third-order valence-corrected chi connectivity index (χ3v) is 13.9. The molecular weight excluding hydrogens is 699 g/mol. The van der Waals surface area contributed by atoms with E-state index in [9.17, 15) is 18.5 Å². The van der Waals surface area contributed by atoms with Crippen LogP contribution in [0.5, 0.6) is 5.75 Å². The SMILES string of the molecule is CCN(C)CC1CCCN1C(=O)C1(C)Cn2c(c(C3CCCCC3)c3ccc(C(=O)NS(=O)(=O)c4ccccc4C#N)cc32)-c2ccc(OC)cc2C1C. The van der Waals surface area contributed by atoms with Gasteiger partial charge in [0.1, 0.15) is 16.7 Å². The van der Waals surface area contributed by atoms with Crippen molar-refractivity contribution in [3.05, 3.63) is 82.9 Å². The van der Waals surface area contributed by atoms with Crippen LogP contribution in [-0.4, -0.2) is 74.4 Å². The average Bonchev–Trinajstić information content (AvgIpc) is 3.76. The van der Waals surface area contributed by atoms with Crippen molar-refractivity contribution in [3.8, 4) is 23.1 Å². The largest absolute Gasteiger partial charge is 0.497 e. The van der Waals surface area contributed by atoms with Gasteiger partial charge in [-0.25, -0.2) is 13.1 Å². The van der Waals surface area contributed by atoms with E-state index in [1.807, 2.05) is 18.2 Å². The fourth-order valence-electron chi connectivity index (χ4n) is 9.22. The zero-order valence-corrected chi connectivity index (χ0v) is 32.8. The maximum Gasteiger partial charge on any atom is 0.265 e. The molecule has 54 heavy (non-hydrogen) atoms. The summed E-state index contributed by atoms with van der Waals surface area (Å²) in [4.78, 5) is 33.2. The van der Waals surface area contributed by atoms with Crippen LogP contribution >= 0.6 is 0 Å². The molecule has 3 aliphatic rings. The van der Waals surface area contributed by atoms with Crippen LogP contribution in [0.1, 0.15) is 105 Å². The molecule has 2 fully saturated rings. The quantitative estimate of drug-likeness (QED) is 0.189. The van der Waals surface area contributed by atoms with Gasteiger partial charge in [0.25, 0.3) is 15.9 Å². The summed E-state index contributed by atoms with van der Waals surface area (Å²) >= 11 is 0. The Morgan fingerprint density at radius 1 is 1.04 bits per heavy atom. The highest BCUT2D eigenvalue weighted by Gasteiger charge is 2.49. The number of methoxy groups -OCH3 is 1. The smallest absolute Gasteiger partial charge is 0.265 e. The summed E-state index contributed by atoms with van der Waals surface area (Å²) in [6.07, 6.45) is 7.47. The number of carbonyl (C=O) groups is 2. The molecule has 0 bridgehead atoms. The highest BCUT2D eigenvalue weighted by atomic mass is 32.2. The van der Waals surface area contributed by atoms with Gasteiger partial charge in [-0.15, -0.1) is 0 Å². The molecule has 2 amide bonds. The van der Waals surface area contributed by atoms with Crippen LogP contribution < -0.4 is 9.46 Å². The van der Waals surface area contributed by atoms with Gasteiger partial charge < -0.3 is 19.1 Å². The van der Waals surface area contributed by atoms with Crippen molar-refractivity contribution in [1.29, 1.82) is 5.26 Å². The minimum atomic E-state index is -4.34. The number of sulfonamides is 1. The summed E-state index contributed by atoms with van der Waals surface area (Å²) in [5.41, 5.74) is 4.48. The zero-order valence-electron chi connectivity index (χ0n) is 32.0. The van der Waals surface area contributed by atoms with E-state index < -0.39 is 21.3 Å². The first-order chi connectivity index (χ1) is 25.9. The number of carbonyl (C=O) groups excluding carboxylic acids is 2. The normalized spacial score (nSPS) is 21.7. The number of likely N-dealkylation sites (N-methyl/N-ethyl adjacent to an activating group) is 1. The van der Waals surface area contributed by atoms with Gasteiger partial charge in [0, 0.05) is 47.7 Å². The van der Waals surface area contributed by atoms with Crippen LogP contribution in [0.4, 0.5) is 0 Å². The second kappa shape index (κ2) is 14.9. The van der Waals surface area contributed by atoms with Gasteiger partial charge in [0.15, 0.2) is 0 Å².